The maximum absolute atomic E-state index is 6.67. The van der Waals surface area contributed by atoms with E-state index in [9.17, 15) is 0 Å². The molecule has 3 fully saturated rings. The van der Waals surface area contributed by atoms with Gasteiger partial charge in [-0.25, -0.2) is 0 Å². The van der Waals surface area contributed by atoms with Gasteiger partial charge in [-0.05, 0) is 309 Å². The molecule has 0 bridgehead atoms. The molecular formula is C105H90B3BrCl2O6. The number of benzene rings is 16. The lowest BCUT2D eigenvalue weighted by atomic mass is 9.49. The second-order valence-corrected chi connectivity index (χ2v) is 37.2. The summed E-state index contributed by atoms with van der Waals surface area (Å²) in [7, 11) is -1.40. The SMILES string of the molecule is Brc1ccc2c3c(-c4ccccc4)c4c(cc5c6ccccc6c6cccc4c65)c(-c4ccccc4)c3c3cccc1c32.C.CC(Cl)Cl.CC1(C)OB(B2OC(C)(C)C(C)(C)O2)OC1(C)C.CC1(C)OB(c2ccc3c4c(-c5ccccc5)c5c(cc6c7ccccc7c7cccc5c76)c(-c5ccccc5)c4c4cccc2c43)OC1(C)C. The fourth-order valence-electron chi connectivity index (χ4n) is 19.2. The van der Waals surface area contributed by atoms with Gasteiger partial charge in [0.05, 0.1) is 33.6 Å². The summed E-state index contributed by atoms with van der Waals surface area (Å²) >= 11 is 14.0. The summed E-state index contributed by atoms with van der Waals surface area (Å²) in [6, 6.07) is 103. The normalized spacial score (nSPS) is 16.7. The van der Waals surface area contributed by atoms with Gasteiger partial charge in [0.25, 0.3) is 0 Å². The molecular weight excluding hydrogens is 1540 g/mol. The third-order valence-electron chi connectivity index (χ3n) is 26.5. The predicted octanol–water partition coefficient (Wildman–Crippen LogP) is 29.7. The predicted molar refractivity (Wildman–Crippen MR) is 508 cm³/mol. The number of alkyl halides is 2. The van der Waals surface area contributed by atoms with Crippen LogP contribution in [0.25, 0.3) is 195 Å². The first-order chi connectivity index (χ1) is 55.7. The maximum Gasteiger partial charge on any atom is 0.495 e. The fraction of sp³-hybridized carbons (Fsp3) is 0.200. The lowest BCUT2D eigenvalue weighted by molar-refractivity contribution is 0.00578. The van der Waals surface area contributed by atoms with Gasteiger partial charge in [-0.15, -0.1) is 23.2 Å². The van der Waals surface area contributed by atoms with Crippen molar-refractivity contribution >= 4 is 217 Å². The molecule has 3 heterocycles. The van der Waals surface area contributed by atoms with Gasteiger partial charge < -0.3 is 27.9 Å². The second-order valence-electron chi connectivity index (χ2n) is 34.8. The monoisotopic (exact) mass is 1630 g/mol. The lowest BCUT2D eigenvalue weighted by Crippen LogP contribution is -2.41. The molecule has 0 amide bonds. The van der Waals surface area contributed by atoms with Crippen LogP contribution in [0, 0.1) is 0 Å². The van der Waals surface area contributed by atoms with Crippen molar-refractivity contribution in [2.24, 2.45) is 0 Å². The first-order valence-electron chi connectivity index (χ1n) is 40.5. The van der Waals surface area contributed by atoms with Gasteiger partial charge in [-0.2, -0.15) is 0 Å². The van der Waals surface area contributed by atoms with Crippen molar-refractivity contribution in [3.05, 3.63) is 284 Å². The minimum atomic E-state index is -0.476. The first-order valence-corrected chi connectivity index (χ1v) is 42.1. The summed E-state index contributed by atoms with van der Waals surface area (Å²) in [4.78, 5) is -0.222. The van der Waals surface area contributed by atoms with Crippen LogP contribution >= 0.6 is 39.1 Å². The van der Waals surface area contributed by atoms with Crippen LogP contribution < -0.4 is 5.46 Å². The lowest BCUT2D eigenvalue weighted by Gasteiger charge is -2.32. The second kappa shape index (κ2) is 28.1. The Morgan fingerprint density at radius 3 is 0.855 bits per heavy atom. The van der Waals surface area contributed by atoms with Crippen LogP contribution in [0.5, 0.6) is 0 Å². The number of hydrogen-bond donors (Lipinski definition) is 0. The van der Waals surface area contributed by atoms with Crippen LogP contribution in [-0.2, 0) is 27.9 Å². The van der Waals surface area contributed by atoms with Crippen LogP contribution in [0.4, 0.5) is 0 Å². The highest BCUT2D eigenvalue weighted by atomic mass is 79.9. The van der Waals surface area contributed by atoms with Gasteiger partial charge >= 0.3 is 21.1 Å². The minimum absolute atomic E-state index is 0. The summed E-state index contributed by atoms with van der Waals surface area (Å²) in [6.45, 7) is 26.4. The largest absolute Gasteiger partial charge is 0.495 e. The van der Waals surface area contributed by atoms with E-state index in [1.807, 2.05) is 55.4 Å². The Labute approximate surface area is 703 Å². The molecule has 23 rings (SSSR count). The van der Waals surface area contributed by atoms with E-state index in [2.05, 4.69) is 323 Å². The molecule has 20 aromatic rings. The molecule has 0 atom stereocenters. The highest BCUT2D eigenvalue weighted by Gasteiger charge is 2.64. The summed E-state index contributed by atoms with van der Waals surface area (Å²) in [6.07, 6.45) is 0. The summed E-state index contributed by atoms with van der Waals surface area (Å²) in [5, 5.41) is 36.6. The van der Waals surface area contributed by atoms with Crippen molar-refractivity contribution in [1.29, 1.82) is 0 Å². The first kappa shape index (κ1) is 77.0. The maximum atomic E-state index is 6.67. The topological polar surface area (TPSA) is 55.4 Å². The summed E-state index contributed by atoms with van der Waals surface area (Å²) in [5.74, 6) is 0. The molecule has 3 saturated heterocycles. The zero-order valence-corrected chi connectivity index (χ0v) is 70.5. The molecule has 12 heteroatoms. The third-order valence-corrected chi connectivity index (χ3v) is 27.2. The molecule has 0 spiro atoms. The fourth-order valence-corrected chi connectivity index (χ4v) is 19.6. The smallest absolute Gasteiger partial charge is 0.405 e. The Balaban J connectivity index is 0.000000125. The van der Waals surface area contributed by atoms with Crippen molar-refractivity contribution < 1.29 is 27.9 Å². The molecule has 0 unspecified atom stereocenters. The van der Waals surface area contributed by atoms with Crippen LogP contribution in [-0.4, -0.2) is 59.6 Å². The van der Waals surface area contributed by atoms with Gasteiger partial charge in [-0.1, -0.05) is 284 Å². The number of rotatable bonds is 6. The van der Waals surface area contributed by atoms with Gasteiger partial charge in [0.1, 0.15) is 4.84 Å². The molecule has 0 N–H and O–H groups in total. The zero-order valence-electron chi connectivity index (χ0n) is 67.5. The Morgan fingerprint density at radius 1 is 0.239 bits per heavy atom. The molecule has 0 aliphatic carbocycles. The van der Waals surface area contributed by atoms with Crippen LogP contribution in [0.1, 0.15) is 97.4 Å². The van der Waals surface area contributed by atoms with Crippen molar-refractivity contribution in [2.75, 3.05) is 0 Å². The Hall–Kier alpha value is -9.91. The minimum Gasteiger partial charge on any atom is -0.405 e. The standard InChI is InChI=1S/C48H35BO2.C42H23Br.C12H24B2O4.C2H4Cl2.CH4/c1-47(2)48(3,4)51-49(50-47)39-26-25-36-43-33(39)22-14-24-35(43)45-40(28-15-7-5-8-16-28)38-27-37-31-20-12-11-19-30(31)32-21-13-23-34(42(32)37)44(38)41(46(36)45)29-17-9-6-10-18-29;43-35-22-21-32-39-29(35)18-10-20-31(39)41-36(24-11-3-1-4-12-24)34-23-33-27-16-8-7-15-26(27)28-17-9-19-30(38(28)33)40(34)37(42(32)41)25-13-5-2-6-14-25;1-9(2)10(3,4)16-13(15-9)14-17-11(5,6)12(7,8)18-14;1-2(3)4;/h5-27H,1-4H3;1-23H;1-8H3;2H,1H3;1H4. The van der Waals surface area contributed by atoms with Crippen LogP contribution in [0.15, 0.2) is 284 Å². The Kier molecular flexibility index (Phi) is 18.5. The molecule has 576 valence electrons. The van der Waals surface area contributed by atoms with E-state index >= 15 is 0 Å². The van der Waals surface area contributed by atoms with Gasteiger partial charge in [0.2, 0.25) is 0 Å². The summed E-state index contributed by atoms with van der Waals surface area (Å²) in [5.41, 5.74) is 8.96. The average Bonchev–Trinajstić information content (AvgIpc) is 1.54. The molecule has 0 radical (unpaired) electrons. The molecule has 6 nitrogen and oxygen atoms in total. The summed E-state index contributed by atoms with van der Waals surface area (Å²) < 4.78 is 38.3. The van der Waals surface area contributed by atoms with E-state index in [4.69, 9.17) is 51.1 Å². The zero-order chi connectivity index (χ0) is 80.0. The van der Waals surface area contributed by atoms with E-state index in [1.54, 1.807) is 6.92 Å². The van der Waals surface area contributed by atoms with Crippen LogP contribution in [0.3, 0.4) is 0 Å². The number of halogens is 3. The highest BCUT2D eigenvalue weighted by Crippen LogP contribution is 2.58. The van der Waals surface area contributed by atoms with E-state index in [1.165, 1.54) is 195 Å². The molecule has 0 saturated carbocycles. The highest BCUT2D eigenvalue weighted by molar-refractivity contribution is 9.10. The van der Waals surface area contributed by atoms with Gasteiger partial charge in [0, 0.05) is 4.47 Å². The van der Waals surface area contributed by atoms with Crippen LogP contribution in [0.2, 0.25) is 0 Å². The molecule has 3 aliphatic rings. The van der Waals surface area contributed by atoms with Crippen molar-refractivity contribution in [3.63, 3.8) is 0 Å². The third kappa shape index (κ3) is 11.9. The van der Waals surface area contributed by atoms with Crippen molar-refractivity contribution in [3.8, 4) is 44.5 Å². The van der Waals surface area contributed by atoms with E-state index in [-0.39, 0.29) is 34.7 Å². The van der Waals surface area contributed by atoms with Gasteiger partial charge in [-0.3, -0.25) is 0 Å². The van der Waals surface area contributed by atoms with Crippen molar-refractivity contribution in [2.45, 2.75) is 136 Å². The van der Waals surface area contributed by atoms with E-state index < -0.39 is 32.3 Å². The number of hydrogen-bond acceptors (Lipinski definition) is 6. The quantitative estimate of drug-likeness (QED) is 0.0939. The molecule has 0 aromatic heterocycles. The molecule has 20 aromatic carbocycles. The molecule has 3 aliphatic heterocycles. The Morgan fingerprint density at radius 2 is 0.487 bits per heavy atom. The van der Waals surface area contributed by atoms with E-state index in [0.717, 1.165) is 9.94 Å². The van der Waals surface area contributed by atoms with Crippen molar-refractivity contribution in [1.82, 2.24) is 0 Å². The van der Waals surface area contributed by atoms with Gasteiger partial charge in [0.15, 0.2) is 0 Å². The Bertz CT molecular complexity index is 7220. The average molecular weight is 1630 g/mol. The van der Waals surface area contributed by atoms with E-state index in [0.29, 0.717) is 0 Å². The molecule has 117 heavy (non-hydrogen) atoms. The number of fused-ring (bicyclic) bond motifs is 16.